The van der Waals surface area contributed by atoms with Gasteiger partial charge in [-0.1, -0.05) is 23.2 Å². The molecule has 54 valence electrons. The Balaban J connectivity index is 2.66. The zero-order valence-electron chi connectivity index (χ0n) is 4.72. The summed E-state index contributed by atoms with van der Waals surface area (Å²) >= 11 is 11.1. The van der Waals surface area contributed by atoms with Crippen molar-refractivity contribution in [3.8, 4) is 0 Å². The number of halogens is 2. The first-order valence-corrected chi connectivity index (χ1v) is 3.54. The Kier molecular flexibility index (Phi) is 1.92. The van der Waals surface area contributed by atoms with E-state index in [2.05, 4.69) is 0 Å². The minimum Gasteiger partial charge on any atom is -0.390 e. The normalized spacial score (nSPS) is 41.3. The summed E-state index contributed by atoms with van der Waals surface area (Å²) in [5.41, 5.74) is 0. The summed E-state index contributed by atoms with van der Waals surface area (Å²) in [4.78, 5) is 0. The third-order valence-corrected chi connectivity index (χ3v) is 2.61. The van der Waals surface area contributed by atoms with Crippen LogP contribution in [0.1, 0.15) is 12.8 Å². The SMILES string of the molecule is O[C@@H]1CC[C@H](O)C1(Cl)Cl. The van der Waals surface area contributed by atoms with Gasteiger partial charge in [0.25, 0.3) is 0 Å². The molecule has 1 saturated carbocycles. The van der Waals surface area contributed by atoms with Gasteiger partial charge >= 0.3 is 0 Å². The minimum atomic E-state index is -1.33. The van der Waals surface area contributed by atoms with E-state index in [1.54, 1.807) is 0 Å². The molecular weight excluding hydrogens is 163 g/mol. The maximum Gasteiger partial charge on any atom is 0.169 e. The maximum absolute atomic E-state index is 9.00. The van der Waals surface area contributed by atoms with Crippen LogP contribution in [-0.2, 0) is 0 Å². The van der Waals surface area contributed by atoms with Crippen molar-refractivity contribution in [2.24, 2.45) is 0 Å². The van der Waals surface area contributed by atoms with E-state index in [0.717, 1.165) is 0 Å². The van der Waals surface area contributed by atoms with Crippen molar-refractivity contribution in [3.05, 3.63) is 0 Å². The van der Waals surface area contributed by atoms with Gasteiger partial charge in [0.2, 0.25) is 0 Å². The van der Waals surface area contributed by atoms with Crippen LogP contribution in [0.25, 0.3) is 0 Å². The molecule has 0 saturated heterocycles. The van der Waals surface area contributed by atoms with E-state index in [-0.39, 0.29) is 0 Å². The lowest BCUT2D eigenvalue weighted by Gasteiger charge is -2.19. The molecule has 0 bridgehead atoms. The van der Waals surface area contributed by atoms with Crippen LogP contribution in [0, 0.1) is 0 Å². The monoisotopic (exact) mass is 170 g/mol. The van der Waals surface area contributed by atoms with Gasteiger partial charge in [0, 0.05) is 0 Å². The predicted molar refractivity (Wildman–Crippen MR) is 35.7 cm³/mol. The summed E-state index contributed by atoms with van der Waals surface area (Å²) in [5.74, 6) is 0. The molecule has 0 amide bonds. The lowest BCUT2D eigenvalue weighted by molar-refractivity contribution is 0.124. The van der Waals surface area contributed by atoms with Gasteiger partial charge in [-0.3, -0.25) is 0 Å². The highest BCUT2D eigenvalue weighted by Gasteiger charge is 2.46. The van der Waals surface area contributed by atoms with Gasteiger partial charge in [0.15, 0.2) is 4.33 Å². The van der Waals surface area contributed by atoms with Crippen molar-refractivity contribution >= 4 is 23.2 Å². The second kappa shape index (κ2) is 2.27. The molecule has 1 aliphatic carbocycles. The quantitative estimate of drug-likeness (QED) is 0.526. The van der Waals surface area contributed by atoms with Crippen LogP contribution in [0.4, 0.5) is 0 Å². The number of rotatable bonds is 0. The third-order valence-electron chi connectivity index (χ3n) is 1.60. The summed E-state index contributed by atoms with van der Waals surface area (Å²) in [7, 11) is 0. The van der Waals surface area contributed by atoms with Gasteiger partial charge in [-0.25, -0.2) is 0 Å². The maximum atomic E-state index is 9.00. The molecule has 0 aromatic heterocycles. The van der Waals surface area contributed by atoms with Gasteiger partial charge in [0.05, 0.1) is 12.2 Å². The average Bonchev–Trinajstić information content (AvgIpc) is 1.96. The van der Waals surface area contributed by atoms with Gasteiger partial charge in [-0.2, -0.15) is 0 Å². The molecule has 2 atom stereocenters. The van der Waals surface area contributed by atoms with Crippen molar-refractivity contribution in [1.29, 1.82) is 0 Å². The Hall–Kier alpha value is 0.500. The van der Waals surface area contributed by atoms with E-state index in [9.17, 15) is 0 Å². The number of hydrogen-bond acceptors (Lipinski definition) is 2. The predicted octanol–water partition coefficient (Wildman–Crippen LogP) is 0.676. The summed E-state index contributed by atoms with van der Waals surface area (Å²) in [6.45, 7) is 0. The lowest BCUT2D eigenvalue weighted by Crippen LogP contribution is -2.34. The molecular formula is C5H8Cl2O2. The fourth-order valence-corrected chi connectivity index (χ4v) is 1.36. The number of hydrogen-bond donors (Lipinski definition) is 2. The van der Waals surface area contributed by atoms with E-state index < -0.39 is 16.5 Å². The van der Waals surface area contributed by atoms with E-state index in [4.69, 9.17) is 33.4 Å². The Labute approximate surface area is 63.4 Å². The second-order valence-corrected chi connectivity index (χ2v) is 3.73. The third kappa shape index (κ3) is 1.17. The minimum absolute atomic E-state index is 0.480. The zero-order valence-corrected chi connectivity index (χ0v) is 6.23. The number of aliphatic hydroxyl groups is 2. The highest BCUT2D eigenvalue weighted by molar-refractivity contribution is 6.49. The largest absolute Gasteiger partial charge is 0.390 e. The summed E-state index contributed by atoms with van der Waals surface area (Å²) in [5, 5.41) is 18.0. The van der Waals surface area contributed by atoms with E-state index >= 15 is 0 Å². The highest BCUT2D eigenvalue weighted by atomic mass is 35.5. The highest BCUT2D eigenvalue weighted by Crippen LogP contribution is 2.39. The summed E-state index contributed by atoms with van der Waals surface area (Å²) in [6, 6.07) is 0. The first-order chi connectivity index (χ1) is 4.05. The molecule has 0 unspecified atom stereocenters. The molecule has 0 aliphatic heterocycles. The van der Waals surface area contributed by atoms with Gasteiger partial charge in [0.1, 0.15) is 0 Å². The molecule has 0 spiro atoms. The molecule has 1 fully saturated rings. The van der Waals surface area contributed by atoms with Crippen LogP contribution in [0.5, 0.6) is 0 Å². The number of aliphatic hydroxyl groups excluding tert-OH is 2. The van der Waals surface area contributed by atoms with Gasteiger partial charge in [-0.15, -0.1) is 0 Å². The van der Waals surface area contributed by atoms with Crippen molar-refractivity contribution in [2.75, 3.05) is 0 Å². The van der Waals surface area contributed by atoms with Crippen LogP contribution in [0.3, 0.4) is 0 Å². The van der Waals surface area contributed by atoms with Crippen molar-refractivity contribution in [2.45, 2.75) is 29.4 Å². The Morgan fingerprint density at radius 1 is 1.11 bits per heavy atom. The molecule has 0 aromatic rings. The van der Waals surface area contributed by atoms with Crippen molar-refractivity contribution in [3.63, 3.8) is 0 Å². The van der Waals surface area contributed by atoms with Crippen LogP contribution in [-0.4, -0.2) is 26.8 Å². The van der Waals surface area contributed by atoms with E-state index in [1.807, 2.05) is 0 Å². The molecule has 9 heavy (non-hydrogen) atoms. The fourth-order valence-electron chi connectivity index (χ4n) is 0.923. The van der Waals surface area contributed by atoms with E-state index in [1.165, 1.54) is 0 Å². The van der Waals surface area contributed by atoms with E-state index in [0.29, 0.717) is 12.8 Å². The molecule has 2 N–H and O–H groups in total. The summed E-state index contributed by atoms with van der Waals surface area (Å²) < 4.78 is -1.33. The first-order valence-electron chi connectivity index (χ1n) is 2.79. The second-order valence-electron chi connectivity index (χ2n) is 2.28. The molecule has 1 aliphatic rings. The average molecular weight is 171 g/mol. The summed E-state index contributed by atoms with van der Waals surface area (Å²) in [6.07, 6.45) is -0.603. The van der Waals surface area contributed by atoms with Crippen molar-refractivity contribution in [1.82, 2.24) is 0 Å². The van der Waals surface area contributed by atoms with Crippen LogP contribution >= 0.6 is 23.2 Å². The first kappa shape index (κ1) is 7.61. The van der Waals surface area contributed by atoms with Gasteiger partial charge < -0.3 is 10.2 Å². The Bertz CT molecular complexity index is 104. The zero-order chi connectivity index (χ0) is 7.07. The molecule has 4 heteroatoms. The Morgan fingerprint density at radius 2 is 1.44 bits per heavy atom. The smallest absolute Gasteiger partial charge is 0.169 e. The number of alkyl halides is 2. The molecule has 0 radical (unpaired) electrons. The molecule has 2 nitrogen and oxygen atoms in total. The molecule has 1 rings (SSSR count). The van der Waals surface area contributed by atoms with Crippen LogP contribution in [0.15, 0.2) is 0 Å². The standard InChI is InChI=1S/C5H8Cl2O2/c6-5(7)3(8)1-2-4(5)9/h3-4,8-9H,1-2H2/t3-,4+. The topological polar surface area (TPSA) is 40.5 Å². The molecule has 0 heterocycles. The van der Waals surface area contributed by atoms with Crippen LogP contribution in [0.2, 0.25) is 0 Å². The fraction of sp³-hybridized carbons (Fsp3) is 1.00. The lowest BCUT2D eigenvalue weighted by atomic mass is 10.3. The van der Waals surface area contributed by atoms with Gasteiger partial charge in [-0.05, 0) is 12.8 Å². The molecule has 0 aromatic carbocycles. The Morgan fingerprint density at radius 3 is 1.56 bits per heavy atom. The van der Waals surface area contributed by atoms with Crippen LogP contribution < -0.4 is 0 Å². The van der Waals surface area contributed by atoms with Crippen molar-refractivity contribution < 1.29 is 10.2 Å².